The van der Waals surface area contributed by atoms with E-state index < -0.39 is 11.6 Å². The van der Waals surface area contributed by atoms with Crippen molar-refractivity contribution in [3.05, 3.63) is 35.4 Å². The summed E-state index contributed by atoms with van der Waals surface area (Å²) in [6, 6.07) is 4.40. The number of halogens is 2. The Morgan fingerprint density at radius 2 is 1.81 bits per heavy atom. The first-order valence-electron chi connectivity index (χ1n) is 5.87. The van der Waals surface area contributed by atoms with E-state index in [9.17, 15) is 8.78 Å². The third kappa shape index (κ3) is 2.59. The predicted molar refractivity (Wildman–Crippen MR) is 60.2 cm³/mol. The Morgan fingerprint density at radius 1 is 1.06 bits per heavy atom. The fraction of sp³-hybridized carbons (Fsp3) is 0.538. The third-order valence-corrected chi connectivity index (χ3v) is 3.38. The summed E-state index contributed by atoms with van der Waals surface area (Å²) in [6.07, 6.45) is 5.21. The SMILES string of the molecule is NC1CCCCC(c2ccc(F)c(F)c2)C1. The molecule has 1 aliphatic carbocycles. The van der Waals surface area contributed by atoms with Crippen LogP contribution < -0.4 is 5.73 Å². The molecule has 1 fully saturated rings. The Bertz CT molecular complexity index is 365. The second-order valence-corrected chi connectivity index (χ2v) is 4.65. The van der Waals surface area contributed by atoms with Crippen LogP contribution in [0.2, 0.25) is 0 Å². The lowest BCUT2D eigenvalue weighted by atomic mass is 9.90. The third-order valence-electron chi connectivity index (χ3n) is 3.38. The molecule has 1 aliphatic rings. The molecule has 1 saturated carbocycles. The highest BCUT2D eigenvalue weighted by Crippen LogP contribution is 2.31. The standard InChI is InChI=1S/C13H17F2N/c14-12-6-5-10(8-13(12)15)9-3-1-2-4-11(16)7-9/h5-6,8-9,11H,1-4,7,16H2. The molecule has 16 heavy (non-hydrogen) atoms. The summed E-state index contributed by atoms with van der Waals surface area (Å²) in [4.78, 5) is 0. The largest absolute Gasteiger partial charge is 0.328 e. The number of hydrogen-bond donors (Lipinski definition) is 1. The molecular formula is C13H17F2N. The van der Waals surface area contributed by atoms with Crippen LogP contribution in [0.1, 0.15) is 43.6 Å². The Kier molecular flexibility index (Phi) is 3.54. The van der Waals surface area contributed by atoms with Crippen LogP contribution in [0, 0.1) is 11.6 Å². The summed E-state index contributed by atoms with van der Waals surface area (Å²) in [7, 11) is 0. The van der Waals surface area contributed by atoms with E-state index >= 15 is 0 Å². The van der Waals surface area contributed by atoms with Gasteiger partial charge in [0.05, 0.1) is 0 Å². The number of benzene rings is 1. The summed E-state index contributed by atoms with van der Waals surface area (Å²) in [5.41, 5.74) is 6.85. The Balaban J connectivity index is 2.18. The highest BCUT2D eigenvalue weighted by Gasteiger charge is 2.19. The molecule has 0 aromatic heterocycles. The second kappa shape index (κ2) is 4.91. The maximum Gasteiger partial charge on any atom is 0.159 e. The minimum Gasteiger partial charge on any atom is -0.328 e. The van der Waals surface area contributed by atoms with Crippen molar-refractivity contribution < 1.29 is 8.78 Å². The summed E-state index contributed by atoms with van der Waals surface area (Å²) < 4.78 is 25.9. The van der Waals surface area contributed by atoms with Crippen molar-refractivity contribution >= 4 is 0 Å². The van der Waals surface area contributed by atoms with Gasteiger partial charge in [-0.05, 0) is 42.9 Å². The van der Waals surface area contributed by atoms with Gasteiger partial charge in [-0.1, -0.05) is 18.9 Å². The molecule has 2 N–H and O–H groups in total. The monoisotopic (exact) mass is 225 g/mol. The van der Waals surface area contributed by atoms with Crippen LogP contribution in [-0.2, 0) is 0 Å². The average Bonchev–Trinajstić information content (AvgIpc) is 2.47. The molecule has 2 unspecified atom stereocenters. The van der Waals surface area contributed by atoms with Crippen molar-refractivity contribution in [2.75, 3.05) is 0 Å². The Hall–Kier alpha value is -0.960. The minimum absolute atomic E-state index is 0.195. The molecule has 3 heteroatoms. The van der Waals surface area contributed by atoms with E-state index in [1.165, 1.54) is 12.1 Å². The lowest BCUT2D eigenvalue weighted by Crippen LogP contribution is -2.20. The lowest BCUT2D eigenvalue weighted by molar-refractivity contribution is 0.497. The quantitative estimate of drug-likeness (QED) is 0.729. The van der Waals surface area contributed by atoms with Crippen molar-refractivity contribution in [1.82, 2.24) is 0 Å². The smallest absolute Gasteiger partial charge is 0.159 e. The molecule has 0 spiro atoms. The molecule has 0 amide bonds. The van der Waals surface area contributed by atoms with Gasteiger partial charge in [0, 0.05) is 6.04 Å². The van der Waals surface area contributed by atoms with E-state index in [2.05, 4.69) is 0 Å². The van der Waals surface area contributed by atoms with Gasteiger partial charge in [-0.25, -0.2) is 8.78 Å². The molecule has 0 saturated heterocycles. The van der Waals surface area contributed by atoms with E-state index in [-0.39, 0.29) is 12.0 Å². The average molecular weight is 225 g/mol. The highest BCUT2D eigenvalue weighted by atomic mass is 19.2. The molecule has 2 rings (SSSR count). The lowest BCUT2D eigenvalue weighted by Gasteiger charge is -2.17. The van der Waals surface area contributed by atoms with Crippen LogP contribution in [-0.4, -0.2) is 6.04 Å². The van der Waals surface area contributed by atoms with Gasteiger partial charge < -0.3 is 5.73 Å². The number of nitrogens with two attached hydrogens (primary N) is 1. The summed E-state index contributed by atoms with van der Waals surface area (Å²) >= 11 is 0. The van der Waals surface area contributed by atoms with E-state index in [0.29, 0.717) is 0 Å². The van der Waals surface area contributed by atoms with Gasteiger partial charge >= 0.3 is 0 Å². The van der Waals surface area contributed by atoms with Gasteiger partial charge in [0.15, 0.2) is 11.6 Å². The summed E-state index contributed by atoms with van der Waals surface area (Å²) in [5, 5.41) is 0. The normalized spacial score (nSPS) is 26.4. The van der Waals surface area contributed by atoms with E-state index in [4.69, 9.17) is 5.73 Å². The zero-order chi connectivity index (χ0) is 11.5. The molecule has 0 aliphatic heterocycles. The minimum atomic E-state index is -0.776. The van der Waals surface area contributed by atoms with Crippen molar-refractivity contribution in [1.29, 1.82) is 0 Å². The van der Waals surface area contributed by atoms with Gasteiger partial charge in [0.2, 0.25) is 0 Å². The second-order valence-electron chi connectivity index (χ2n) is 4.65. The van der Waals surface area contributed by atoms with E-state index in [0.717, 1.165) is 37.7 Å². The van der Waals surface area contributed by atoms with Crippen LogP contribution in [0.15, 0.2) is 18.2 Å². The first kappa shape index (κ1) is 11.5. The first-order valence-corrected chi connectivity index (χ1v) is 5.87. The molecule has 1 nitrogen and oxygen atoms in total. The van der Waals surface area contributed by atoms with Crippen LogP contribution in [0.4, 0.5) is 8.78 Å². The summed E-state index contributed by atoms with van der Waals surface area (Å²) in [6.45, 7) is 0. The number of rotatable bonds is 1. The number of hydrogen-bond acceptors (Lipinski definition) is 1. The van der Waals surface area contributed by atoms with Crippen LogP contribution >= 0.6 is 0 Å². The van der Waals surface area contributed by atoms with Gasteiger partial charge in [-0.15, -0.1) is 0 Å². The van der Waals surface area contributed by atoms with Crippen molar-refractivity contribution in [3.8, 4) is 0 Å². The van der Waals surface area contributed by atoms with Gasteiger partial charge in [-0.2, -0.15) is 0 Å². The fourth-order valence-electron chi connectivity index (χ4n) is 2.47. The Morgan fingerprint density at radius 3 is 2.56 bits per heavy atom. The molecule has 88 valence electrons. The maximum absolute atomic E-state index is 13.1. The zero-order valence-corrected chi connectivity index (χ0v) is 9.26. The van der Waals surface area contributed by atoms with Crippen LogP contribution in [0.3, 0.4) is 0 Å². The van der Waals surface area contributed by atoms with Crippen LogP contribution in [0.5, 0.6) is 0 Å². The van der Waals surface area contributed by atoms with Gasteiger partial charge in [0.1, 0.15) is 0 Å². The molecule has 1 aromatic rings. The molecule has 0 bridgehead atoms. The molecular weight excluding hydrogens is 208 g/mol. The predicted octanol–water partition coefficient (Wildman–Crippen LogP) is 3.34. The fourth-order valence-corrected chi connectivity index (χ4v) is 2.47. The highest BCUT2D eigenvalue weighted by molar-refractivity contribution is 5.22. The van der Waals surface area contributed by atoms with Gasteiger partial charge in [-0.3, -0.25) is 0 Å². The van der Waals surface area contributed by atoms with Crippen LogP contribution in [0.25, 0.3) is 0 Å². The van der Waals surface area contributed by atoms with E-state index in [1.807, 2.05) is 0 Å². The molecule has 0 heterocycles. The zero-order valence-electron chi connectivity index (χ0n) is 9.26. The maximum atomic E-state index is 13.1. The molecule has 0 radical (unpaired) electrons. The van der Waals surface area contributed by atoms with Crippen molar-refractivity contribution in [3.63, 3.8) is 0 Å². The van der Waals surface area contributed by atoms with Crippen molar-refractivity contribution in [2.24, 2.45) is 5.73 Å². The molecule has 2 atom stereocenters. The summed E-state index contributed by atoms with van der Waals surface area (Å²) in [5.74, 6) is -1.25. The Labute approximate surface area is 94.7 Å². The topological polar surface area (TPSA) is 26.0 Å². The molecule has 1 aromatic carbocycles. The first-order chi connectivity index (χ1) is 7.66. The van der Waals surface area contributed by atoms with Crippen molar-refractivity contribution in [2.45, 2.75) is 44.1 Å². The van der Waals surface area contributed by atoms with Gasteiger partial charge in [0.25, 0.3) is 0 Å². The van der Waals surface area contributed by atoms with E-state index in [1.54, 1.807) is 6.07 Å².